The lowest BCUT2D eigenvalue weighted by Gasteiger charge is -2.01. The van der Waals surface area contributed by atoms with Crippen LogP contribution in [0.4, 0.5) is 0 Å². The van der Waals surface area contributed by atoms with Crippen molar-refractivity contribution in [3.8, 4) is 0 Å². The van der Waals surface area contributed by atoms with Crippen LogP contribution in [-0.2, 0) is 13.6 Å². The molecule has 0 aliphatic rings. The molecule has 0 radical (unpaired) electrons. The third-order valence-corrected chi connectivity index (χ3v) is 3.95. The van der Waals surface area contributed by atoms with E-state index in [2.05, 4.69) is 17.1 Å². The van der Waals surface area contributed by atoms with Crippen molar-refractivity contribution in [2.24, 2.45) is 12.8 Å². The summed E-state index contributed by atoms with van der Waals surface area (Å²) in [5.74, 6) is 4.25. The summed E-state index contributed by atoms with van der Waals surface area (Å²) < 4.78 is 1.96. The third kappa shape index (κ3) is 3.18. The van der Waals surface area contributed by atoms with Gasteiger partial charge in [-0.2, -0.15) is 11.8 Å². The van der Waals surface area contributed by atoms with E-state index in [9.17, 15) is 0 Å². The average Bonchev–Trinajstić information content (AvgIpc) is 2.55. The van der Waals surface area contributed by atoms with Crippen LogP contribution in [-0.4, -0.2) is 32.0 Å². The molecule has 0 saturated heterocycles. The van der Waals surface area contributed by atoms with Crippen LogP contribution in [0.15, 0.2) is 5.16 Å². The Morgan fingerprint density at radius 1 is 1.36 bits per heavy atom. The molecule has 0 fully saturated rings. The first-order chi connectivity index (χ1) is 6.79. The number of nitrogens with zero attached hydrogens (tertiary/aromatic N) is 3. The fourth-order valence-electron chi connectivity index (χ4n) is 0.985. The highest BCUT2D eigenvalue weighted by Gasteiger charge is 2.06. The Hall–Kier alpha value is -0.200. The molecule has 0 aliphatic carbocycles. The van der Waals surface area contributed by atoms with Crippen LogP contribution in [0.5, 0.6) is 0 Å². The predicted octanol–water partition coefficient (Wildman–Crippen LogP) is 1.12. The largest absolute Gasteiger partial charge is 0.324 e. The van der Waals surface area contributed by atoms with Gasteiger partial charge in [0.05, 0.1) is 6.54 Å². The van der Waals surface area contributed by atoms with E-state index in [0.717, 1.165) is 22.5 Å². The van der Waals surface area contributed by atoms with Gasteiger partial charge in [-0.3, -0.25) is 0 Å². The average molecular weight is 232 g/mol. The van der Waals surface area contributed by atoms with E-state index in [1.165, 1.54) is 5.75 Å². The second-order valence-electron chi connectivity index (χ2n) is 2.71. The molecule has 2 N–H and O–H groups in total. The van der Waals surface area contributed by atoms with Gasteiger partial charge in [0, 0.05) is 18.6 Å². The highest BCUT2D eigenvalue weighted by Crippen LogP contribution is 2.16. The summed E-state index contributed by atoms with van der Waals surface area (Å²) in [6, 6.07) is 0. The van der Waals surface area contributed by atoms with E-state index >= 15 is 0 Å². The van der Waals surface area contributed by atoms with Crippen molar-refractivity contribution in [2.75, 3.05) is 17.3 Å². The van der Waals surface area contributed by atoms with Crippen LogP contribution in [0.25, 0.3) is 0 Å². The molecule has 1 heterocycles. The minimum atomic E-state index is 0.452. The molecule has 80 valence electrons. The zero-order chi connectivity index (χ0) is 10.4. The summed E-state index contributed by atoms with van der Waals surface area (Å²) in [6.07, 6.45) is 0. The van der Waals surface area contributed by atoms with Gasteiger partial charge in [0.1, 0.15) is 5.82 Å². The maximum Gasteiger partial charge on any atom is 0.191 e. The fourth-order valence-corrected chi connectivity index (χ4v) is 2.66. The van der Waals surface area contributed by atoms with Gasteiger partial charge in [0.25, 0.3) is 0 Å². The Morgan fingerprint density at radius 3 is 2.71 bits per heavy atom. The standard InChI is InChI=1S/C8H16N4S2/c1-3-13-4-5-14-8-11-10-7(6-9)12(8)2/h3-6,9H2,1-2H3. The molecule has 0 aromatic carbocycles. The maximum atomic E-state index is 5.50. The zero-order valence-electron chi connectivity index (χ0n) is 8.56. The summed E-state index contributed by atoms with van der Waals surface area (Å²) in [5, 5.41) is 9.02. The van der Waals surface area contributed by atoms with E-state index in [-0.39, 0.29) is 0 Å². The number of hydrogen-bond acceptors (Lipinski definition) is 5. The monoisotopic (exact) mass is 232 g/mol. The fraction of sp³-hybridized carbons (Fsp3) is 0.750. The Kier molecular flexibility index (Phi) is 5.36. The number of rotatable bonds is 6. The summed E-state index contributed by atoms with van der Waals surface area (Å²) in [6.45, 7) is 2.62. The van der Waals surface area contributed by atoms with Crippen LogP contribution in [0.3, 0.4) is 0 Å². The van der Waals surface area contributed by atoms with Crippen molar-refractivity contribution >= 4 is 23.5 Å². The van der Waals surface area contributed by atoms with Gasteiger partial charge in [-0.1, -0.05) is 18.7 Å². The van der Waals surface area contributed by atoms with Gasteiger partial charge < -0.3 is 10.3 Å². The number of aromatic nitrogens is 3. The van der Waals surface area contributed by atoms with E-state index < -0.39 is 0 Å². The van der Waals surface area contributed by atoms with Crippen molar-refractivity contribution in [1.82, 2.24) is 14.8 Å². The van der Waals surface area contributed by atoms with E-state index in [1.807, 2.05) is 23.4 Å². The van der Waals surface area contributed by atoms with Crippen molar-refractivity contribution in [1.29, 1.82) is 0 Å². The lowest BCUT2D eigenvalue weighted by molar-refractivity contribution is 0.735. The molecule has 4 nitrogen and oxygen atoms in total. The van der Waals surface area contributed by atoms with Crippen LogP contribution >= 0.6 is 23.5 Å². The predicted molar refractivity (Wildman–Crippen MR) is 62.6 cm³/mol. The van der Waals surface area contributed by atoms with Crippen LogP contribution in [0.2, 0.25) is 0 Å². The number of nitrogens with two attached hydrogens (primary N) is 1. The highest BCUT2D eigenvalue weighted by molar-refractivity contribution is 8.02. The molecule has 1 aromatic rings. The van der Waals surface area contributed by atoms with Gasteiger partial charge in [-0.05, 0) is 5.75 Å². The smallest absolute Gasteiger partial charge is 0.191 e. The molecule has 0 atom stereocenters. The molecule has 1 rings (SSSR count). The summed E-state index contributed by atoms with van der Waals surface area (Å²) in [4.78, 5) is 0. The second kappa shape index (κ2) is 6.31. The van der Waals surface area contributed by atoms with Gasteiger partial charge in [0.15, 0.2) is 5.16 Å². The van der Waals surface area contributed by atoms with E-state index in [4.69, 9.17) is 5.73 Å². The maximum absolute atomic E-state index is 5.50. The van der Waals surface area contributed by atoms with Gasteiger partial charge >= 0.3 is 0 Å². The van der Waals surface area contributed by atoms with Gasteiger partial charge in [0.2, 0.25) is 0 Å². The molecule has 0 amide bonds. The minimum absolute atomic E-state index is 0.452. The van der Waals surface area contributed by atoms with Crippen molar-refractivity contribution in [3.05, 3.63) is 5.82 Å². The first-order valence-electron chi connectivity index (χ1n) is 4.58. The lowest BCUT2D eigenvalue weighted by Crippen LogP contribution is -2.05. The molecule has 0 bridgehead atoms. The highest BCUT2D eigenvalue weighted by atomic mass is 32.2. The first kappa shape index (κ1) is 11.9. The molecule has 0 saturated carbocycles. The molecule has 6 heteroatoms. The lowest BCUT2D eigenvalue weighted by atomic mass is 10.6. The molecule has 0 spiro atoms. The first-order valence-corrected chi connectivity index (χ1v) is 6.72. The minimum Gasteiger partial charge on any atom is -0.324 e. The molecular weight excluding hydrogens is 216 g/mol. The normalized spacial score (nSPS) is 10.8. The second-order valence-corrected chi connectivity index (χ2v) is 5.16. The number of thioether (sulfide) groups is 2. The molecule has 14 heavy (non-hydrogen) atoms. The summed E-state index contributed by atoms with van der Waals surface area (Å²) in [5.41, 5.74) is 5.50. The summed E-state index contributed by atoms with van der Waals surface area (Å²) in [7, 11) is 1.96. The summed E-state index contributed by atoms with van der Waals surface area (Å²) >= 11 is 3.68. The number of hydrogen-bond donors (Lipinski definition) is 1. The van der Waals surface area contributed by atoms with Gasteiger partial charge in [-0.25, -0.2) is 0 Å². The zero-order valence-corrected chi connectivity index (χ0v) is 10.2. The molecular formula is C8H16N4S2. The van der Waals surface area contributed by atoms with Crippen LogP contribution < -0.4 is 5.73 Å². The topological polar surface area (TPSA) is 56.7 Å². The SMILES string of the molecule is CCSCCSc1nnc(CN)n1C. The van der Waals surface area contributed by atoms with Crippen molar-refractivity contribution < 1.29 is 0 Å². The Balaban J connectivity index is 2.39. The van der Waals surface area contributed by atoms with Crippen molar-refractivity contribution in [2.45, 2.75) is 18.6 Å². The molecule has 1 aromatic heterocycles. The van der Waals surface area contributed by atoms with Crippen LogP contribution in [0, 0.1) is 0 Å². The third-order valence-electron chi connectivity index (χ3n) is 1.77. The van der Waals surface area contributed by atoms with Crippen molar-refractivity contribution in [3.63, 3.8) is 0 Å². The molecule has 0 aliphatic heterocycles. The molecule has 0 unspecified atom stereocenters. The van der Waals surface area contributed by atoms with Gasteiger partial charge in [-0.15, -0.1) is 10.2 Å². The van der Waals surface area contributed by atoms with Crippen LogP contribution in [0.1, 0.15) is 12.7 Å². The van der Waals surface area contributed by atoms with E-state index in [0.29, 0.717) is 6.54 Å². The van der Waals surface area contributed by atoms with E-state index in [1.54, 1.807) is 11.8 Å². The Bertz CT molecular complexity index is 274. The Labute approximate surface area is 93.0 Å². The Morgan fingerprint density at radius 2 is 2.14 bits per heavy atom. The quantitative estimate of drug-likeness (QED) is 0.588.